The van der Waals surface area contributed by atoms with Gasteiger partial charge in [-0.2, -0.15) is 26.3 Å². The van der Waals surface area contributed by atoms with Crippen molar-refractivity contribution in [1.82, 2.24) is 10.2 Å². The molecule has 0 radical (unpaired) electrons. The molecule has 1 unspecified atom stereocenters. The van der Waals surface area contributed by atoms with E-state index in [1.165, 1.54) is 4.90 Å². The summed E-state index contributed by atoms with van der Waals surface area (Å²) in [6, 6.07) is 14.4. The summed E-state index contributed by atoms with van der Waals surface area (Å²) in [5.41, 5.74) is 0.668. The van der Waals surface area contributed by atoms with E-state index in [-0.39, 0.29) is 19.6 Å². The first kappa shape index (κ1) is 23.9. The van der Waals surface area contributed by atoms with E-state index < -0.39 is 30.5 Å². The van der Waals surface area contributed by atoms with Gasteiger partial charge in [0.05, 0.1) is 0 Å². The minimum Gasteiger partial charge on any atom is -0.457 e. The molecule has 0 aromatic heterocycles. The third kappa shape index (κ3) is 6.36. The van der Waals surface area contributed by atoms with E-state index in [1.54, 1.807) is 48.5 Å². The number of nitrogens with one attached hydrogen (secondary N) is 1. The Hall–Kier alpha value is -2.79. The topological polar surface area (TPSA) is 50.8 Å². The van der Waals surface area contributed by atoms with E-state index >= 15 is 0 Å². The molecule has 0 aliphatic carbocycles. The van der Waals surface area contributed by atoms with Gasteiger partial charge in [0.15, 0.2) is 0 Å². The van der Waals surface area contributed by atoms with E-state index in [1.807, 2.05) is 6.07 Å². The summed E-state index contributed by atoms with van der Waals surface area (Å²) >= 11 is 0. The summed E-state index contributed by atoms with van der Waals surface area (Å²) in [7, 11) is 0. The molecular formula is C21H20F6N2O3. The molecule has 1 fully saturated rings. The second-order valence-electron chi connectivity index (χ2n) is 7.15. The Labute approximate surface area is 179 Å². The lowest BCUT2D eigenvalue weighted by molar-refractivity contribution is -0.314. The fourth-order valence-electron chi connectivity index (χ4n) is 3.25. The number of para-hydroxylation sites is 1. The molecule has 1 heterocycles. The Morgan fingerprint density at radius 2 is 1.66 bits per heavy atom. The van der Waals surface area contributed by atoms with Crippen molar-refractivity contribution >= 4 is 5.97 Å². The van der Waals surface area contributed by atoms with Gasteiger partial charge in [0, 0.05) is 26.2 Å². The van der Waals surface area contributed by atoms with Crippen molar-refractivity contribution in [3.8, 4) is 11.5 Å². The van der Waals surface area contributed by atoms with Gasteiger partial charge in [-0.15, -0.1) is 0 Å². The van der Waals surface area contributed by atoms with Crippen molar-refractivity contribution in [3.05, 3.63) is 60.2 Å². The average molecular weight is 462 g/mol. The molecule has 0 amide bonds. The fourth-order valence-corrected chi connectivity index (χ4v) is 3.25. The van der Waals surface area contributed by atoms with Crippen LogP contribution in [0, 0.1) is 0 Å². The van der Waals surface area contributed by atoms with Crippen LogP contribution in [0.25, 0.3) is 0 Å². The molecule has 0 bridgehead atoms. The molecule has 174 valence electrons. The predicted molar refractivity (Wildman–Crippen MR) is 102 cm³/mol. The number of ether oxygens (including phenoxy) is 2. The summed E-state index contributed by atoms with van der Waals surface area (Å²) < 4.78 is 86.3. The monoisotopic (exact) mass is 462 g/mol. The van der Waals surface area contributed by atoms with Gasteiger partial charge in [0.25, 0.3) is 6.10 Å². The van der Waals surface area contributed by atoms with Crippen LogP contribution in [-0.2, 0) is 16.1 Å². The lowest BCUT2D eigenvalue weighted by Gasteiger charge is -2.35. The van der Waals surface area contributed by atoms with Crippen molar-refractivity contribution in [2.75, 3.05) is 19.6 Å². The highest BCUT2D eigenvalue weighted by molar-refractivity contribution is 5.76. The summed E-state index contributed by atoms with van der Waals surface area (Å²) in [6.45, 7) is 0.607. The molecule has 1 aliphatic rings. The number of hydrogen-bond acceptors (Lipinski definition) is 5. The second kappa shape index (κ2) is 9.78. The van der Waals surface area contributed by atoms with Gasteiger partial charge in [-0.3, -0.25) is 9.69 Å². The molecule has 11 heteroatoms. The quantitative estimate of drug-likeness (QED) is 0.513. The molecule has 1 aliphatic heterocycles. The predicted octanol–water partition coefficient (Wildman–Crippen LogP) is 4.29. The van der Waals surface area contributed by atoms with Crippen LogP contribution in [0.4, 0.5) is 26.3 Å². The van der Waals surface area contributed by atoms with Gasteiger partial charge < -0.3 is 14.8 Å². The molecular weight excluding hydrogens is 442 g/mol. The van der Waals surface area contributed by atoms with E-state index in [0.29, 0.717) is 23.6 Å². The summed E-state index contributed by atoms with van der Waals surface area (Å²) in [6.07, 6.45) is -15.7. The van der Waals surface area contributed by atoms with Crippen LogP contribution in [0.1, 0.15) is 5.56 Å². The van der Waals surface area contributed by atoms with Crippen molar-refractivity contribution in [1.29, 1.82) is 0 Å². The van der Waals surface area contributed by atoms with Crippen LogP contribution in [0.15, 0.2) is 54.6 Å². The van der Waals surface area contributed by atoms with Crippen LogP contribution in [-0.4, -0.2) is 55.0 Å². The number of benzene rings is 2. The summed E-state index contributed by atoms with van der Waals surface area (Å²) in [5.74, 6) is -0.496. The fraction of sp³-hybridized carbons (Fsp3) is 0.381. The van der Waals surface area contributed by atoms with Crippen molar-refractivity contribution < 1.29 is 40.6 Å². The Morgan fingerprint density at radius 3 is 2.31 bits per heavy atom. The van der Waals surface area contributed by atoms with E-state index in [0.717, 1.165) is 0 Å². The Kier molecular flexibility index (Phi) is 7.29. The number of rotatable bonds is 6. The molecule has 0 saturated carbocycles. The largest absolute Gasteiger partial charge is 0.457 e. The number of carbonyl (C=O) groups excluding carboxylic acids is 1. The number of halogens is 6. The number of nitrogens with zero attached hydrogens (tertiary/aromatic N) is 1. The van der Waals surface area contributed by atoms with Gasteiger partial charge >= 0.3 is 18.3 Å². The number of carbonyl (C=O) groups is 1. The normalized spacial score (nSPS) is 17.9. The van der Waals surface area contributed by atoms with Crippen LogP contribution in [0.2, 0.25) is 0 Å². The maximum Gasteiger partial charge on any atom is 0.434 e. The molecule has 1 atom stereocenters. The van der Waals surface area contributed by atoms with Gasteiger partial charge in [-0.25, -0.2) is 0 Å². The highest BCUT2D eigenvalue weighted by Gasteiger charge is 2.60. The Morgan fingerprint density at radius 1 is 1.00 bits per heavy atom. The van der Waals surface area contributed by atoms with Crippen LogP contribution in [0.5, 0.6) is 11.5 Å². The molecule has 1 saturated heterocycles. The second-order valence-corrected chi connectivity index (χ2v) is 7.15. The minimum absolute atomic E-state index is 0.107. The zero-order chi connectivity index (χ0) is 23.4. The third-order valence-electron chi connectivity index (χ3n) is 4.72. The zero-order valence-corrected chi connectivity index (χ0v) is 16.6. The molecule has 3 rings (SSSR count). The van der Waals surface area contributed by atoms with Crippen LogP contribution in [0.3, 0.4) is 0 Å². The number of esters is 1. The minimum atomic E-state index is -5.76. The highest BCUT2D eigenvalue weighted by Crippen LogP contribution is 2.36. The first-order chi connectivity index (χ1) is 15.0. The number of hydrogen-bond donors (Lipinski definition) is 1. The first-order valence-corrected chi connectivity index (χ1v) is 9.64. The van der Waals surface area contributed by atoms with Gasteiger partial charge in [-0.1, -0.05) is 30.3 Å². The molecule has 2 aromatic rings. The number of piperazine rings is 1. The molecule has 32 heavy (non-hydrogen) atoms. The van der Waals surface area contributed by atoms with Crippen LogP contribution >= 0.6 is 0 Å². The van der Waals surface area contributed by atoms with Crippen LogP contribution < -0.4 is 10.1 Å². The SMILES string of the molecule is O=C(OC(C(F)(F)F)C(F)(F)F)C1CNCCN1Cc1cccc(Oc2ccccc2)c1. The van der Waals surface area contributed by atoms with Gasteiger partial charge in [0.2, 0.25) is 0 Å². The zero-order valence-electron chi connectivity index (χ0n) is 16.6. The maximum atomic E-state index is 12.8. The molecule has 2 aromatic carbocycles. The van der Waals surface area contributed by atoms with Crippen molar-refractivity contribution in [2.45, 2.75) is 31.0 Å². The standard InChI is InChI=1S/C21H20F6N2O3/c22-20(23,24)19(21(25,26)27)32-18(30)17-12-28-9-10-29(17)13-14-5-4-8-16(11-14)31-15-6-2-1-3-7-15/h1-8,11,17,19,28H,9-10,12-13H2. The number of alkyl halides is 6. The van der Waals surface area contributed by atoms with E-state index in [9.17, 15) is 31.1 Å². The van der Waals surface area contributed by atoms with Crippen molar-refractivity contribution in [2.24, 2.45) is 0 Å². The van der Waals surface area contributed by atoms with Gasteiger partial charge in [-0.05, 0) is 29.8 Å². The van der Waals surface area contributed by atoms with Gasteiger partial charge in [0.1, 0.15) is 17.5 Å². The summed E-state index contributed by atoms with van der Waals surface area (Å²) in [4.78, 5) is 13.8. The maximum absolute atomic E-state index is 12.8. The summed E-state index contributed by atoms with van der Waals surface area (Å²) in [5, 5.41) is 2.80. The highest BCUT2D eigenvalue weighted by atomic mass is 19.4. The average Bonchev–Trinajstić information content (AvgIpc) is 2.71. The molecule has 0 spiro atoms. The van der Waals surface area contributed by atoms with Crippen molar-refractivity contribution in [3.63, 3.8) is 0 Å². The smallest absolute Gasteiger partial charge is 0.434 e. The lowest BCUT2D eigenvalue weighted by Crippen LogP contribution is -2.57. The first-order valence-electron chi connectivity index (χ1n) is 9.64. The third-order valence-corrected chi connectivity index (χ3v) is 4.72. The van der Waals surface area contributed by atoms with E-state index in [4.69, 9.17) is 4.74 Å². The Balaban J connectivity index is 1.71. The van der Waals surface area contributed by atoms with E-state index in [2.05, 4.69) is 10.1 Å². The lowest BCUT2D eigenvalue weighted by atomic mass is 10.1. The Bertz CT molecular complexity index is 890. The molecule has 5 nitrogen and oxygen atoms in total. The molecule has 1 N–H and O–H groups in total.